The van der Waals surface area contributed by atoms with E-state index in [2.05, 4.69) is 20.5 Å². The van der Waals surface area contributed by atoms with Crippen molar-refractivity contribution < 1.29 is 4.74 Å². The first-order valence-corrected chi connectivity index (χ1v) is 7.43. The molecular formula is C13H17ClN4OS. The van der Waals surface area contributed by atoms with Gasteiger partial charge in [0.05, 0.1) is 6.61 Å². The minimum atomic E-state index is 0.684. The summed E-state index contributed by atoms with van der Waals surface area (Å²) in [6, 6.07) is 5.83. The third-order valence-corrected chi connectivity index (χ3v) is 3.82. The SMILES string of the molecule is COCCNCc1cc(Cl)ccc1Sc1n[nH]c(C)n1. The number of benzene rings is 1. The lowest BCUT2D eigenvalue weighted by molar-refractivity contribution is 0.199. The lowest BCUT2D eigenvalue weighted by Crippen LogP contribution is -2.18. The maximum atomic E-state index is 6.06. The van der Waals surface area contributed by atoms with Gasteiger partial charge < -0.3 is 10.1 Å². The normalized spacial score (nSPS) is 10.9. The summed E-state index contributed by atoms with van der Waals surface area (Å²) in [7, 11) is 1.69. The maximum absolute atomic E-state index is 6.06. The molecule has 2 rings (SSSR count). The van der Waals surface area contributed by atoms with Gasteiger partial charge in [0, 0.05) is 30.1 Å². The number of nitrogens with zero attached hydrogens (tertiary/aromatic N) is 2. The highest BCUT2D eigenvalue weighted by molar-refractivity contribution is 7.99. The van der Waals surface area contributed by atoms with E-state index < -0.39 is 0 Å². The van der Waals surface area contributed by atoms with E-state index in [-0.39, 0.29) is 0 Å². The predicted octanol–water partition coefficient (Wildman–Crippen LogP) is 2.65. The number of H-pyrrole nitrogens is 1. The van der Waals surface area contributed by atoms with Crippen LogP contribution in [-0.4, -0.2) is 35.4 Å². The number of nitrogens with one attached hydrogen (secondary N) is 2. The van der Waals surface area contributed by atoms with Crippen molar-refractivity contribution in [1.29, 1.82) is 0 Å². The van der Waals surface area contributed by atoms with Crippen molar-refractivity contribution in [2.75, 3.05) is 20.3 Å². The Labute approximate surface area is 127 Å². The number of hydrogen-bond donors (Lipinski definition) is 2. The number of hydrogen-bond acceptors (Lipinski definition) is 5. The lowest BCUT2D eigenvalue weighted by Gasteiger charge is -2.09. The quantitative estimate of drug-likeness (QED) is 0.770. The average molecular weight is 313 g/mol. The second-order valence-electron chi connectivity index (χ2n) is 4.23. The Morgan fingerprint density at radius 3 is 3.00 bits per heavy atom. The van der Waals surface area contributed by atoms with Crippen LogP contribution in [0.1, 0.15) is 11.4 Å². The van der Waals surface area contributed by atoms with Gasteiger partial charge in [0.25, 0.3) is 0 Å². The predicted molar refractivity (Wildman–Crippen MR) is 80.3 cm³/mol. The molecule has 1 aromatic carbocycles. The number of halogens is 1. The molecule has 20 heavy (non-hydrogen) atoms. The number of aromatic amines is 1. The molecule has 0 bridgehead atoms. The number of ether oxygens (including phenoxy) is 1. The van der Waals surface area contributed by atoms with Crippen molar-refractivity contribution in [2.24, 2.45) is 0 Å². The average Bonchev–Trinajstić information content (AvgIpc) is 2.83. The van der Waals surface area contributed by atoms with Gasteiger partial charge in [-0.05, 0) is 42.4 Å². The molecule has 0 spiro atoms. The molecule has 0 fully saturated rings. The smallest absolute Gasteiger partial charge is 0.213 e. The number of aryl methyl sites for hydroxylation is 1. The number of aromatic nitrogens is 3. The minimum Gasteiger partial charge on any atom is -0.383 e. The molecule has 1 heterocycles. The fraction of sp³-hybridized carbons (Fsp3) is 0.385. The molecule has 0 amide bonds. The molecule has 0 unspecified atom stereocenters. The molecule has 0 atom stereocenters. The molecule has 2 N–H and O–H groups in total. The van der Waals surface area contributed by atoms with Gasteiger partial charge >= 0.3 is 0 Å². The highest BCUT2D eigenvalue weighted by atomic mass is 35.5. The first kappa shape index (κ1) is 15.3. The van der Waals surface area contributed by atoms with E-state index in [9.17, 15) is 0 Å². The van der Waals surface area contributed by atoms with Crippen LogP contribution < -0.4 is 5.32 Å². The van der Waals surface area contributed by atoms with E-state index in [1.54, 1.807) is 7.11 Å². The zero-order valence-electron chi connectivity index (χ0n) is 11.4. The largest absolute Gasteiger partial charge is 0.383 e. The third-order valence-electron chi connectivity index (χ3n) is 2.60. The second-order valence-corrected chi connectivity index (χ2v) is 5.67. The van der Waals surface area contributed by atoms with Crippen molar-refractivity contribution in [3.8, 4) is 0 Å². The summed E-state index contributed by atoms with van der Waals surface area (Å²) in [4.78, 5) is 5.40. The van der Waals surface area contributed by atoms with Crippen LogP contribution >= 0.6 is 23.4 Å². The molecule has 0 saturated carbocycles. The Kier molecular flexibility index (Phi) is 5.85. The molecular weight excluding hydrogens is 296 g/mol. The Bertz CT molecular complexity index is 561. The van der Waals surface area contributed by atoms with Crippen LogP contribution in [0, 0.1) is 6.92 Å². The third kappa shape index (κ3) is 4.49. The van der Waals surface area contributed by atoms with Gasteiger partial charge in [0.1, 0.15) is 5.82 Å². The van der Waals surface area contributed by atoms with Gasteiger partial charge in [0.15, 0.2) is 0 Å². The molecule has 0 aliphatic heterocycles. The Balaban J connectivity index is 2.06. The van der Waals surface area contributed by atoms with Crippen molar-refractivity contribution >= 4 is 23.4 Å². The summed E-state index contributed by atoms with van der Waals surface area (Å²) in [5.74, 6) is 0.807. The van der Waals surface area contributed by atoms with E-state index in [4.69, 9.17) is 16.3 Å². The van der Waals surface area contributed by atoms with Crippen molar-refractivity contribution in [3.05, 3.63) is 34.6 Å². The molecule has 0 saturated heterocycles. The van der Waals surface area contributed by atoms with Gasteiger partial charge in [0.2, 0.25) is 5.16 Å². The molecule has 0 aliphatic rings. The Morgan fingerprint density at radius 2 is 2.30 bits per heavy atom. The summed E-state index contributed by atoms with van der Waals surface area (Å²) in [6.45, 7) is 4.10. The topological polar surface area (TPSA) is 62.8 Å². The van der Waals surface area contributed by atoms with Gasteiger partial charge in [-0.3, -0.25) is 5.10 Å². The van der Waals surface area contributed by atoms with Crippen LogP contribution in [0.15, 0.2) is 28.3 Å². The van der Waals surface area contributed by atoms with Crippen molar-refractivity contribution in [3.63, 3.8) is 0 Å². The molecule has 5 nitrogen and oxygen atoms in total. The molecule has 0 radical (unpaired) electrons. The molecule has 1 aromatic heterocycles. The van der Waals surface area contributed by atoms with Crippen molar-refractivity contribution in [2.45, 2.75) is 23.5 Å². The minimum absolute atomic E-state index is 0.684. The van der Waals surface area contributed by atoms with Crippen LogP contribution in [0.3, 0.4) is 0 Å². The standard InChI is InChI=1S/C13H17ClN4OS/c1-9-16-13(18-17-9)20-12-4-3-11(14)7-10(12)8-15-5-6-19-2/h3-4,7,15H,5-6,8H2,1-2H3,(H,16,17,18). The summed E-state index contributed by atoms with van der Waals surface area (Å²) in [5.41, 5.74) is 1.13. The van der Waals surface area contributed by atoms with E-state index in [1.165, 1.54) is 11.8 Å². The van der Waals surface area contributed by atoms with Gasteiger partial charge in [-0.1, -0.05) is 11.6 Å². The van der Waals surface area contributed by atoms with Gasteiger partial charge in [-0.2, -0.15) is 0 Å². The van der Waals surface area contributed by atoms with Gasteiger partial charge in [-0.25, -0.2) is 4.98 Å². The molecule has 2 aromatic rings. The zero-order valence-corrected chi connectivity index (χ0v) is 13.0. The van der Waals surface area contributed by atoms with Crippen LogP contribution in [0.25, 0.3) is 0 Å². The fourth-order valence-corrected chi connectivity index (χ4v) is 2.71. The van der Waals surface area contributed by atoms with E-state index >= 15 is 0 Å². The number of rotatable bonds is 7. The summed E-state index contributed by atoms with van der Waals surface area (Å²) < 4.78 is 5.01. The van der Waals surface area contributed by atoms with E-state index in [1.807, 2.05) is 25.1 Å². The molecule has 108 valence electrons. The van der Waals surface area contributed by atoms with Crippen LogP contribution in [0.2, 0.25) is 5.02 Å². The van der Waals surface area contributed by atoms with Crippen LogP contribution in [0.4, 0.5) is 0 Å². The summed E-state index contributed by atoms with van der Waals surface area (Å²) in [5, 5.41) is 11.7. The Morgan fingerprint density at radius 1 is 1.45 bits per heavy atom. The first-order chi connectivity index (χ1) is 9.69. The zero-order chi connectivity index (χ0) is 14.4. The Hall–Kier alpha value is -1.08. The highest BCUT2D eigenvalue weighted by Crippen LogP contribution is 2.29. The summed E-state index contributed by atoms with van der Waals surface area (Å²) >= 11 is 7.59. The van der Waals surface area contributed by atoms with Crippen molar-refractivity contribution in [1.82, 2.24) is 20.5 Å². The lowest BCUT2D eigenvalue weighted by atomic mass is 10.2. The first-order valence-electron chi connectivity index (χ1n) is 6.24. The highest BCUT2D eigenvalue weighted by Gasteiger charge is 2.08. The van der Waals surface area contributed by atoms with Gasteiger partial charge in [-0.15, -0.1) is 5.10 Å². The molecule has 7 heteroatoms. The maximum Gasteiger partial charge on any atom is 0.213 e. The molecule has 0 aliphatic carbocycles. The fourth-order valence-electron chi connectivity index (χ4n) is 1.65. The number of methoxy groups -OCH3 is 1. The summed E-state index contributed by atoms with van der Waals surface area (Å²) in [6.07, 6.45) is 0. The van der Waals surface area contributed by atoms with Crippen LogP contribution in [0.5, 0.6) is 0 Å². The van der Waals surface area contributed by atoms with E-state index in [0.717, 1.165) is 34.4 Å². The monoisotopic (exact) mass is 312 g/mol. The second kappa shape index (κ2) is 7.64. The van der Waals surface area contributed by atoms with Crippen LogP contribution in [-0.2, 0) is 11.3 Å². The van der Waals surface area contributed by atoms with E-state index in [0.29, 0.717) is 11.8 Å².